The number of carbonyl (C=O) groups excluding carboxylic acids is 1. The highest BCUT2D eigenvalue weighted by Gasteiger charge is 2.02. The van der Waals surface area contributed by atoms with Crippen LogP contribution in [0.25, 0.3) is 0 Å². The number of esters is 1. The van der Waals surface area contributed by atoms with Crippen LogP contribution in [0.1, 0.15) is 6.92 Å². The normalized spacial score (nSPS) is 11.3. The fourth-order valence-corrected chi connectivity index (χ4v) is 0.910. The Hall–Kier alpha value is -0.440. The molecule has 58 valence electrons. The summed E-state index contributed by atoms with van der Waals surface area (Å²) < 4.78 is 8.78. The van der Waals surface area contributed by atoms with Gasteiger partial charge in [-0.05, 0) is 6.92 Å². The number of rotatable bonds is 3. The number of hydrogen-bond donors (Lipinski definition) is 0. The summed E-state index contributed by atoms with van der Waals surface area (Å²) in [6, 6.07) is 0. The number of carbonyl (C=O) groups is 1. The highest BCUT2D eigenvalue weighted by atomic mass is 31.1. The second-order valence-electron chi connectivity index (χ2n) is 1.36. The van der Waals surface area contributed by atoms with E-state index < -0.39 is 14.0 Å². The van der Waals surface area contributed by atoms with Gasteiger partial charge < -0.3 is 9.63 Å². The predicted octanol–water partition coefficient (Wildman–Crippen LogP) is -0.330. The Labute approximate surface area is 60.3 Å². The second-order valence-corrected chi connectivity index (χ2v) is 2.44. The Morgan fingerprint density at radius 1 is 1.80 bits per heavy atom. The summed E-state index contributed by atoms with van der Waals surface area (Å²) in [4.78, 5) is 20.9. The van der Waals surface area contributed by atoms with Crippen molar-refractivity contribution >= 4 is 19.8 Å². The standard InChI is InChI=1S/C5H9O4P/c1-3-9-10(7)4-5(6)8-2/h4H,3H2,1-2H3. The Kier molecular flexibility index (Phi) is 5.12. The molecule has 5 heteroatoms. The highest BCUT2D eigenvalue weighted by molar-refractivity contribution is 7.47. The van der Waals surface area contributed by atoms with E-state index in [0.717, 1.165) is 5.80 Å². The molecular formula is C5H9O4P. The van der Waals surface area contributed by atoms with Crippen molar-refractivity contribution in [2.45, 2.75) is 6.92 Å². The molecule has 0 radical (unpaired) electrons. The van der Waals surface area contributed by atoms with E-state index in [-0.39, 0.29) is 0 Å². The second kappa shape index (κ2) is 5.35. The SMILES string of the molecule is CCO[P+]([O-])=CC(=O)OC. The summed E-state index contributed by atoms with van der Waals surface area (Å²) in [6.07, 6.45) is 0. The van der Waals surface area contributed by atoms with E-state index in [0.29, 0.717) is 6.61 Å². The van der Waals surface area contributed by atoms with Crippen LogP contribution in [0.2, 0.25) is 0 Å². The molecule has 0 heterocycles. The van der Waals surface area contributed by atoms with Crippen LogP contribution in [0, 0.1) is 0 Å². The minimum absolute atomic E-state index is 0.322. The Bertz CT molecular complexity index is 143. The molecule has 0 rings (SSSR count). The van der Waals surface area contributed by atoms with Crippen LogP contribution in [-0.2, 0) is 14.1 Å². The zero-order chi connectivity index (χ0) is 7.98. The first-order chi connectivity index (χ1) is 4.70. The molecule has 0 aromatic heterocycles. The molecule has 10 heavy (non-hydrogen) atoms. The molecule has 0 aliphatic rings. The summed E-state index contributed by atoms with van der Waals surface area (Å²) in [5, 5.41) is 0. The van der Waals surface area contributed by atoms with Crippen molar-refractivity contribution in [2.24, 2.45) is 0 Å². The first kappa shape index (κ1) is 9.56. The van der Waals surface area contributed by atoms with Gasteiger partial charge in [0, 0.05) is 0 Å². The van der Waals surface area contributed by atoms with Crippen LogP contribution in [-0.4, -0.2) is 25.5 Å². The summed E-state index contributed by atoms with van der Waals surface area (Å²) in [5.74, 6) is 0.272. The van der Waals surface area contributed by atoms with Gasteiger partial charge in [-0.1, -0.05) is 0 Å². The Balaban J connectivity index is 3.77. The lowest BCUT2D eigenvalue weighted by Crippen LogP contribution is -2.05. The zero-order valence-electron chi connectivity index (χ0n) is 5.86. The van der Waals surface area contributed by atoms with Crippen molar-refractivity contribution in [1.82, 2.24) is 0 Å². The Morgan fingerprint density at radius 2 is 2.40 bits per heavy atom. The molecule has 0 spiro atoms. The van der Waals surface area contributed by atoms with Gasteiger partial charge in [0.05, 0.1) is 13.7 Å². The molecule has 0 N–H and O–H groups in total. The van der Waals surface area contributed by atoms with Gasteiger partial charge in [0.2, 0.25) is 13.8 Å². The monoisotopic (exact) mass is 164 g/mol. The van der Waals surface area contributed by atoms with Gasteiger partial charge in [-0.3, -0.25) is 0 Å². The number of methoxy groups -OCH3 is 1. The van der Waals surface area contributed by atoms with E-state index in [1.54, 1.807) is 6.92 Å². The van der Waals surface area contributed by atoms with E-state index in [1.165, 1.54) is 7.11 Å². The molecule has 1 unspecified atom stereocenters. The lowest BCUT2D eigenvalue weighted by Gasteiger charge is -1.92. The molecule has 0 amide bonds. The van der Waals surface area contributed by atoms with Crippen LogP contribution in [0.5, 0.6) is 0 Å². The van der Waals surface area contributed by atoms with Crippen molar-refractivity contribution < 1.29 is 18.9 Å². The van der Waals surface area contributed by atoms with Crippen molar-refractivity contribution in [1.29, 1.82) is 0 Å². The minimum Gasteiger partial charge on any atom is -0.603 e. The van der Waals surface area contributed by atoms with E-state index in [9.17, 15) is 9.69 Å². The van der Waals surface area contributed by atoms with E-state index in [4.69, 9.17) is 0 Å². The summed E-state index contributed by atoms with van der Waals surface area (Å²) in [5.41, 5.74) is 0. The molecule has 0 aromatic rings. The first-order valence-corrected chi connectivity index (χ1v) is 3.97. The van der Waals surface area contributed by atoms with Gasteiger partial charge in [-0.2, -0.15) is 4.52 Å². The van der Waals surface area contributed by atoms with Gasteiger partial charge in [0.25, 0.3) is 0 Å². The smallest absolute Gasteiger partial charge is 0.375 e. The highest BCUT2D eigenvalue weighted by Crippen LogP contribution is 2.09. The van der Waals surface area contributed by atoms with E-state index >= 15 is 0 Å². The maximum Gasteiger partial charge on any atom is 0.375 e. The fourth-order valence-electron chi connectivity index (χ4n) is 0.303. The molecule has 0 fully saturated rings. The van der Waals surface area contributed by atoms with Crippen molar-refractivity contribution in [2.75, 3.05) is 13.7 Å². The van der Waals surface area contributed by atoms with Crippen LogP contribution in [0.3, 0.4) is 0 Å². The quantitative estimate of drug-likeness (QED) is 0.423. The number of ether oxygens (including phenoxy) is 1. The van der Waals surface area contributed by atoms with Crippen molar-refractivity contribution in [3.05, 3.63) is 0 Å². The molecule has 0 aliphatic heterocycles. The van der Waals surface area contributed by atoms with Crippen LogP contribution < -0.4 is 4.89 Å². The minimum atomic E-state index is -1.98. The molecule has 0 aromatic carbocycles. The van der Waals surface area contributed by atoms with Gasteiger partial charge in [0.15, 0.2) is 0 Å². The van der Waals surface area contributed by atoms with Crippen molar-refractivity contribution in [3.63, 3.8) is 0 Å². The average molecular weight is 164 g/mol. The molecule has 1 atom stereocenters. The first-order valence-electron chi connectivity index (χ1n) is 2.72. The lowest BCUT2D eigenvalue weighted by atomic mass is 10.8. The third-order valence-corrected chi connectivity index (χ3v) is 1.60. The van der Waals surface area contributed by atoms with Gasteiger partial charge in [-0.15, -0.1) is 0 Å². The van der Waals surface area contributed by atoms with Crippen LogP contribution >= 0.6 is 8.00 Å². The summed E-state index contributed by atoms with van der Waals surface area (Å²) in [6.45, 7) is 2.01. The summed E-state index contributed by atoms with van der Waals surface area (Å²) >= 11 is 0. The maximum atomic E-state index is 10.6. The zero-order valence-corrected chi connectivity index (χ0v) is 6.76. The fraction of sp³-hybridized carbons (Fsp3) is 0.600. The van der Waals surface area contributed by atoms with Gasteiger partial charge in [-0.25, -0.2) is 4.79 Å². The van der Waals surface area contributed by atoms with Crippen LogP contribution in [0.4, 0.5) is 0 Å². The summed E-state index contributed by atoms with van der Waals surface area (Å²) in [7, 11) is -0.759. The third-order valence-electron chi connectivity index (χ3n) is 0.668. The van der Waals surface area contributed by atoms with Crippen LogP contribution in [0.15, 0.2) is 0 Å². The van der Waals surface area contributed by atoms with Gasteiger partial charge >= 0.3 is 5.97 Å². The molecule has 0 saturated carbocycles. The Morgan fingerprint density at radius 3 is 2.80 bits per heavy atom. The largest absolute Gasteiger partial charge is 0.603 e. The topological polar surface area (TPSA) is 58.6 Å². The van der Waals surface area contributed by atoms with E-state index in [1.807, 2.05) is 0 Å². The molecule has 0 bridgehead atoms. The maximum absolute atomic E-state index is 10.6. The lowest BCUT2D eigenvalue weighted by molar-refractivity contribution is -0.171. The van der Waals surface area contributed by atoms with E-state index in [2.05, 4.69) is 9.26 Å². The average Bonchev–Trinajstić information content (AvgIpc) is 1.88. The molecule has 0 saturated heterocycles. The molecule has 4 nitrogen and oxygen atoms in total. The number of hydrogen-bond acceptors (Lipinski definition) is 4. The molecular weight excluding hydrogens is 155 g/mol. The molecule has 0 aliphatic carbocycles. The van der Waals surface area contributed by atoms with Crippen molar-refractivity contribution in [3.8, 4) is 0 Å². The third kappa shape index (κ3) is 4.44. The predicted molar refractivity (Wildman–Crippen MR) is 36.6 cm³/mol. The van der Waals surface area contributed by atoms with Gasteiger partial charge in [0.1, 0.15) is 0 Å².